The Morgan fingerprint density at radius 2 is 1.42 bits per heavy atom. The molecule has 0 saturated carbocycles. The smallest absolute Gasteiger partial charge is 0.396 e. The standard InChI is InChI=1S/C6H9F5O/c7-5(8,6(9,10)11)3-1-2-4-12/h12H,1-4H2. The normalized spacial score (nSPS) is 13.5. The summed E-state index contributed by atoms with van der Waals surface area (Å²) in [6, 6.07) is 0. The molecule has 0 bridgehead atoms. The van der Waals surface area contributed by atoms with Gasteiger partial charge in [0.15, 0.2) is 0 Å². The molecule has 0 rings (SSSR count). The molecular formula is C6H9F5O. The third-order valence-corrected chi connectivity index (χ3v) is 1.31. The molecule has 0 amide bonds. The van der Waals surface area contributed by atoms with Crippen LogP contribution in [0.5, 0.6) is 0 Å². The van der Waals surface area contributed by atoms with E-state index in [1.807, 2.05) is 0 Å². The summed E-state index contributed by atoms with van der Waals surface area (Å²) in [7, 11) is 0. The summed E-state index contributed by atoms with van der Waals surface area (Å²) in [5.74, 6) is -4.62. The number of halogens is 5. The first-order valence-electron chi connectivity index (χ1n) is 3.36. The minimum Gasteiger partial charge on any atom is -0.396 e. The molecular weight excluding hydrogens is 183 g/mol. The van der Waals surface area contributed by atoms with Crippen molar-refractivity contribution in [3.05, 3.63) is 0 Å². The average molecular weight is 192 g/mol. The third-order valence-electron chi connectivity index (χ3n) is 1.31. The maximum Gasteiger partial charge on any atom is 0.453 e. The zero-order valence-electron chi connectivity index (χ0n) is 6.17. The topological polar surface area (TPSA) is 20.2 Å². The predicted octanol–water partition coefficient (Wildman–Crippen LogP) is 2.35. The fourth-order valence-electron chi connectivity index (χ4n) is 0.601. The molecule has 1 N–H and O–H groups in total. The Bertz CT molecular complexity index is 130. The Balaban J connectivity index is 3.88. The van der Waals surface area contributed by atoms with Crippen molar-refractivity contribution in [3.8, 4) is 0 Å². The van der Waals surface area contributed by atoms with Gasteiger partial charge in [0.05, 0.1) is 0 Å². The van der Waals surface area contributed by atoms with Crippen molar-refractivity contribution in [2.24, 2.45) is 0 Å². The van der Waals surface area contributed by atoms with E-state index in [2.05, 4.69) is 0 Å². The van der Waals surface area contributed by atoms with Gasteiger partial charge in [-0.15, -0.1) is 0 Å². The monoisotopic (exact) mass is 192 g/mol. The fraction of sp³-hybridized carbons (Fsp3) is 1.00. The van der Waals surface area contributed by atoms with E-state index in [1.54, 1.807) is 0 Å². The molecule has 0 aromatic rings. The van der Waals surface area contributed by atoms with Crippen LogP contribution in [0.1, 0.15) is 19.3 Å². The van der Waals surface area contributed by atoms with Crippen molar-refractivity contribution >= 4 is 0 Å². The molecule has 0 fully saturated rings. The molecule has 6 heteroatoms. The molecule has 1 nitrogen and oxygen atoms in total. The van der Waals surface area contributed by atoms with Gasteiger partial charge in [0.25, 0.3) is 0 Å². The fourth-order valence-corrected chi connectivity index (χ4v) is 0.601. The van der Waals surface area contributed by atoms with Gasteiger partial charge >= 0.3 is 12.1 Å². The van der Waals surface area contributed by atoms with Crippen LogP contribution < -0.4 is 0 Å². The summed E-state index contributed by atoms with van der Waals surface area (Å²) >= 11 is 0. The van der Waals surface area contributed by atoms with Crippen LogP contribution in [0.25, 0.3) is 0 Å². The first-order chi connectivity index (χ1) is 5.31. The van der Waals surface area contributed by atoms with Gasteiger partial charge in [0, 0.05) is 13.0 Å². The molecule has 0 spiro atoms. The van der Waals surface area contributed by atoms with Crippen LogP contribution in [0, 0.1) is 0 Å². The number of alkyl halides is 5. The molecule has 0 atom stereocenters. The molecule has 0 aromatic heterocycles. The van der Waals surface area contributed by atoms with Crippen molar-refractivity contribution in [2.75, 3.05) is 6.61 Å². The maximum absolute atomic E-state index is 12.0. The van der Waals surface area contributed by atoms with E-state index in [0.717, 1.165) is 0 Å². The Morgan fingerprint density at radius 3 is 1.75 bits per heavy atom. The van der Waals surface area contributed by atoms with Gasteiger partial charge in [-0.3, -0.25) is 0 Å². The van der Waals surface area contributed by atoms with Crippen LogP contribution >= 0.6 is 0 Å². The summed E-state index contributed by atoms with van der Waals surface area (Å²) in [6.45, 7) is -0.367. The maximum atomic E-state index is 12.0. The van der Waals surface area contributed by atoms with E-state index in [-0.39, 0.29) is 19.4 Å². The second-order valence-electron chi connectivity index (χ2n) is 2.38. The van der Waals surface area contributed by atoms with E-state index in [9.17, 15) is 22.0 Å². The Labute approximate surface area is 66.2 Å². The van der Waals surface area contributed by atoms with Crippen LogP contribution in [0.4, 0.5) is 22.0 Å². The van der Waals surface area contributed by atoms with Gasteiger partial charge in [-0.05, 0) is 12.8 Å². The lowest BCUT2D eigenvalue weighted by Gasteiger charge is -2.18. The quantitative estimate of drug-likeness (QED) is 0.535. The van der Waals surface area contributed by atoms with Crippen LogP contribution in [0.15, 0.2) is 0 Å². The lowest BCUT2D eigenvalue weighted by atomic mass is 10.1. The summed E-state index contributed by atoms with van der Waals surface area (Å²) in [4.78, 5) is 0. The van der Waals surface area contributed by atoms with Crippen LogP contribution in [0.2, 0.25) is 0 Å². The van der Waals surface area contributed by atoms with Gasteiger partial charge in [-0.2, -0.15) is 22.0 Å². The van der Waals surface area contributed by atoms with Crippen molar-refractivity contribution in [3.63, 3.8) is 0 Å². The van der Waals surface area contributed by atoms with E-state index >= 15 is 0 Å². The molecule has 74 valence electrons. The van der Waals surface area contributed by atoms with Crippen LogP contribution in [0.3, 0.4) is 0 Å². The number of hydrogen-bond acceptors (Lipinski definition) is 1. The van der Waals surface area contributed by atoms with Gasteiger partial charge < -0.3 is 5.11 Å². The molecule has 0 saturated heterocycles. The van der Waals surface area contributed by atoms with Gasteiger partial charge in [0.2, 0.25) is 0 Å². The molecule has 0 aliphatic heterocycles. The summed E-state index contributed by atoms with van der Waals surface area (Å²) in [6.07, 6.45) is -7.09. The highest BCUT2D eigenvalue weighted by Crippen LogP contribution is 2.38. The number of unbranched alkanes of at least 4 members (excludes halogenated alkanes) is 1. The Kier molecular flexibility index (Phi) is 3.89. The molecule has 0 heterocycles. The van der Waals surface area contributed by atoms with E-state index in [1.165, 1.54) is 0 Å². The van der Waals surface area contributed by atoms with Crippen molar-refractivity contribution in [1.82, 2.24) is 0 Å². The molecule has 0 aliphatic carbocycles. The minimum atomic E-state index is -5.47. The zero-order chi connectivity index (χ0) is 9.83. The van der Waals surface area contributed by atoms with Crippen molar-refractivity contribution in [1.29, 1.82) is 0 Å². The zero-order valence-corrected chi connectivity index (χ0v) is 6.17. The molecule has 0 aliphatic rings. The molecule has 12 heavy (non-hydrogen) atoms. The third kappa shape index (κ3) is 3.34. The van der Waals surface area contributed by atoms with E-state index < -0.39 is 18.5 Å². The largest absolute Gasteiger partial charge is 0.453 e. The highest BCUT2D eigenvalue weighted by Gasteiger charge is 2.56. The second-order valence-corrected chi connectivity index (χ2v) is 2.38. The first kappa shape index (κ1) is 11.6. The highest BCUT2D eigenvalue weighted by atomic mass is 19.4. The number of rotatable bonds is 4. The average Bonchev–Trinajstić information content (AvgIpc) is 1.85. The van der Waals surface area contributed by atoms with Crippen molar-refractivity contribution < 1.29 is 27.1 Å². The minimum absolute atomic E-state index is 0.0360. The highest BCUT2D eigenvalue weighted by molar-refractivity contribution is 4.75. The SMILES string of the molecule is OCCCCC(F)(F)C(F)(F)F. The number of aliphatic hydroxyl groups excluding tert-OH is 1. The van der Waals surface area contributed by atoms with Gasteiger partial charge in [0.1, 0.15) is 0 Å². The number of hydrogen-bond donors (Lipinski definition) is 1. The molecule has 0 aromatic carbocycles. The van der Waals surface area contributed by atoms with Crippen molar-refractivity contribution in [2.45, 2.75) is 31.4 Å². The van der Waals surface area contributed by atoms with Crippen LogP contribution in [-0.2, 0) is 0 Å². The summed E-state index contributed by atoms with van der Waals surface area (Å²) in [5, 5.41) is 8.14. The lowest BCUT2D eigenvalue weighted by molar-refractivity contribution is -0.284. The Hall–Kier alpha value is -0.390. The number of aliphatic hydroxyl groups is 1. The summed E-state index contributed by atoms with van der Waals surface area (Å²) < 4.78 is 58.4. The van der Waals surface area contributed by atoms with E-state index in [4.69, 9.17) is 5.11 Å². The molecule has 0 radical (unpaired) electrons. The van der Waals surface area contributed by atoms with Gasteiger partial charge in [-0.1, -0.05) is 0 Å². The summed E-state index contributed by atoms with van der Waals surface area (Å²) in [5.41, 5.74) is 0. The first-order valence-corrected chi connectivity index (χ1v) is 3.36. The lowest BCUT2D eigenvalue weighted by Crippen LogP contribution is -2.36. The second kappa shape index (κ2) is 4.02. The van der Waals surface area contributed by atoms with Gasteiger partial charge in [-0.25, -0.2) is 0 Å². The Morgan fingerprint density at radius 1 is 0.917 bits per heavy atom. The van der Waals surface area contributed by atoms with Crippen LogP contribution in [-0.4, -0.2) is 23.8 Å². The molecule has 0 unspecified atom stereocenters. The van der Waals surface area contributed by atoms with E-state index in [0.29, 0.717) is 0 Å². The predicted molar refractivity (Wildman–Crippen MR) is 31.9 cm³/mol.